The van der Waals surface area contributed by atoms with Crippen molar-refractivity contribution in [3.05, 3.63) is 22.9 Å². The summed E-state index contributed by atoms with van der Waals surface area (Å²) in [7, 11) is 0. The predicted molar refractivity (Wildman–Crippen MR) is 62.6 cm³/mol. The van der Waals surface area contributed by atoms with E-state index in [1.54, 1.807) is 0 Å². The Hall–Kier alpha value is -0.720. The second-order valence-electron chi connectivity index (χ2n) is 2.58. The first-order valence-corrected chi connectivity index (χ1v) is 5.34. The molecule has 0 saturated carbocycles. The zero-order valence-corrected chi connectivity index (χ0v) is 10.1. The Morgan fingerprint density at radius 1 is 1.08 bits per heavy atom. The molecule has 1 aliphatic carbocycles. The van der Waals surface area contributed by atoms with Crippen LogP contribution in [0.4, 0.5) is 0 Å². The minimum Gasteiger partial charge on any atom is -0.402 e. The van der Waals surface area contributed by atoms with Crippen LogP contribution in [-0.2, 0) is 0 Å². The third-order valence-corrected chi connectivity index (χ3v) is 1.94. The highest BCUT2D eigenvalue weighted by Crippen LogP contribution is 2.20. The lowest BCUT2D eigenvalue weighted by Crippen LogP contribution is -2.04. The van der Waals surface area contributed by atoms with Crippen molar-refractivity contribution in [3.63, 3.8) is 0 Å². The van der Waals surface area contributed by atoms with Gasteiger partial charge >= 0.3 is 0 Å². The van der Waals surface area contributed by atoms with Gasteiger partial charge in [0.1, 0.15) is 0 Å². The molecule has 1 aliphatic rings. The Balaban J connectivity index is 0. The van der Waals surface area contributed by atoms with Crippen LogP contribution < -0.4 is 5.73 Å². The molecule has 0 aromatic carbocycles. The minimum atomic E-state index is 1.04. The molecule has 2 N–H and O–H groups in total. The molecule has 0 aromatic heterocycles. The third kappa shape index (κ3) is 5.51. The summed E-state index contributed by atoms with van der Waals surface area (Å²) < 4.78 is 0. The Labute approximate surface area is 83.7 Å². The van der Waals surface area contributed by atoms with Crippen molar-refractivity contribution < 1.29 is 0 Å². The lowest BCUT2D eigenvalue weighted by molar-refractivity contribution is 0.902. The summed E-state index contributed by atoms with van der Waals surface area (Å²) in [6, 6.07) is 0. The first kappa shape index (κ1) is 14.8. The van der Waals surface area contributed by atoms with E-state index in [0.29, 0.717) is 0 Å². The van der Waals surface area contributed by atoms with E-state index < -0.39 is 0 Å². The van der Waals surface area contributed by atoms with Gasteiger partial charge in [0.05, 0.1) is 0 Å². The van der Waals surface area contributed by atoms with Crippen LogP contribution in [0.2, 0.25) is 0 Å². The predicted octanol–water partition coefficient (Wildman–Crippen LogP) is 4.01. The van der Waals surface area contributed by atoms with E-state index in [4.69, 9.17) is 5.73 Å². The van der Waals surface area contributed by atoms with Gasteiger partial charge in [-0.15, -0.1) is 0 Å². The number of nitrogens with two attached hydrogens (primary N) is 1. The molecule has 0 amide bonds. The molecule has 1 heteroatoms. The molecule has 1 rings (SSSR count). The Morgan fingerprint density at radius 3 is 1.85 bits per heavy atom. The van der Waals surface area contributed by atoms with Crippen molar-refractivity contribution >= 4 is 0 Å². The summed E-state index contributed by atoms with van der Waals surface area (Å²) in [6.45, 7) is 12.2. The van der Waals surface area contributed by atoms with E-state index in [2.05, 4.69) is 19.9 Å². The van der Waals surface area contributed by atoms with Crippen molar-refractivity contribution in [1.82, 2.24) is 0 Å². The maximum atomic E-state index is 5.71. The number of hydrogen-bond acceptors (Lipinski definition) is 1. The molecule has 0 spiro atoms. The summed E-state index contributed by atoms with van der Waals surface area (Å²) in [5.41, 5.74) is 9.40. The Bertz CT molecular complexity index is 176. The fourth-order valence-corrected chi connectivity index (χ4v) is 1.04. The molecule has 0 radical (unpaired) electrons. The Morgan fingerprint density at radius 2 is 1.54 bits per heavy atom. The number of allylic oxidation sites excluding steroid dienone is 4. The van der Waals surface area contributed by atoms with E-state index >= 15 is 0 Å². The number of rotatable bonds is 0. The molecular formula is C12H25N. The van der Waals surface area contributed by atoms with Crippen LogP contribution in [0.5, 0.6) is 0 Å². The van der Waals surface area contributed by atoms with Crippen LogP contribution in [0, 0.1) is 0 Å². The maximum absolute atomic E-state index is 5.71. The summed E-state index contributed by atoms with van der Waals surface area (Å²) in [6.07, 6.45) is 4.41. The van der Waals surface area contributed by atoms with Gasteiger partial charge in [0, 0.05) is 5.70 Å². The molecule has 0 fully saturated rings. The van der Waals surface area contributed by atoms with Gasteiger partial charge in [-0.3, -0.25) is 0 Å². The monoisotopic (exact) mass is 183 g/mol. The van der Waals surface area contributed by atoms with Crippen molar-refractivity contribution in [3.8, 4) is 0 Å². The molecule has 0 atom stereocenters. The van der Waals surface area contributed by atoms with Crippen LogP contribution >= 0.6 is 0 Å². The lowest BCUT2D eigenvalue weighted by atomic mass is 9.98. The highest BCUT2D eigenvalue weighted by Gasteiger charge is 2.03. The first-order valence-electron chi connectivity index (χ1n) is 5.34. The van der Waals surface area contributed by atoms with Crippen molar-refractivity contribution in [2.24, 2.45) is 5.73 Å². The molecule has 0 aliphatic heterocycles. The molecule has 0 saturated heterocycles. The molecular weight excluding hydrogens is 158 g/mol. The standard InChI is InChI=1S/C8H13N.2C2H6/c1-6-4-3-5-8(9)7(6)2;2*1-2/h4H,3,5,9H2,1-2H3;2*1-2H3. The van der Waals surface area contributed by atoms with Crippen LogP contribution in [0.25, 0.3) is 0 Å². The molecule has 0 unspecified atom stereocenters. The zero-order chi connectivity index (χ0) is 10.9. The SMILES string of the molecule is CC.CC.CC1=CCCC(N)=C1C. The van der Waals surface area contributed by atoms with Crippen LogP contribution in [0.3, 0.4) is 0 Å². The van der Waals surface area contributed by atoms with E-state index in [1.165, 1.54) is 11.1 Å². The van der Waals surface area contributed by atoms with Crippen molar-refractivity contribution in [2.75, 3.05) is 0 Å². The molecule has 0 aromatic rings. The van der Waals surface area contributed by atoms with Gasteiger partial charge in [-0.05, 0) is 32.3 Å². The van der Waals surface area contributed by atoms with E-state index in [1.807, 2.05) is 27.7 Å². The lowest BCUT2D eigenvalue weighted by Gasteiger charge is -2.12. The van der Waals surface area contributed by atoms with E-state index in [-0.39, 0.29) is 0 Å². The quantitative estimate of drug-likeness (QED) is 0.603. The fraction of sp³-hybridized carbons (Fsp3) is 0.667. The van der Waals surface area contributed by atoms with Gasteiger partial charge < -0.3 is 5.73 Å². The summed E-state index contributed by atoms with van der Waals surface area (Å²) in [4.78, 5) is 0. The highest BCUT2D eigenvalue weighted by atomic mass is 14.6. The van der Waals surface area contributed by atoms with Gasteiger partial charge in [-0.2, -0.15) is 0 Å². The van der Waals surface area contributed by atoms with E-state index in [0.717, 1.165) is 18.5 Å². The average molecular weight is 183 g/mol. The third-order valence-electron chi connectivity index (χ3n) is 1.94. The van der Waals surface area contributed by atoms with Gasteiger partial charge in [-0.25, -0.2) is 0 Å². The molecule has 0 heterocycles. The van der Waals surface area contributed by atoms with Gasteiger partial charge in [-0.1, -0.05) is 39.3 Å². The molecule has 13 heavy (non-hydrogen) atoms. The van der Waals surface area contributed by atoms with Gasteiger partial charge in [0.25, 0.3) is 0 Å². The first-order chi connectivity index (χ1) is 6.22. The largest absolute Gasteiger partial charge is 0.402 e. The normalized spacial score (nSPS) is 14.8. The smallest absolute Gasteiger partial charge is 0.0116 e. The maximum Gasteiger partial charge on any atom is 0.0116 e. The minimum absolute atomic E-state index is 1.04. The van der Waals surface area contributed by atoms with Crippen LogP contribution in [-0.4, -0.2) is 0 Å². The highest BCUT2D eigenvalue weighted by molar-refractivity contribution is 5.33. The zero-order valence-electron chi connectivity index (χ0n) is 10.1. The summed E-state index contributed by atoms with van der Waals surface area (Å²) >= 11 is 0. The van der Waals surface area contributed by atoms with Crippen molar-refractivity contribution in [2.45, 2.75) is 54.4 Å². The van der Waals surface area contributed by atoms with Gasteiger partial charge in [0.2, 0.25) is 0 Å². The summed E-state index contributed by atoms with van der Waals surface area (Å²) in [5, 5.41) is 0. The fourth-order valence-electron chi connectivity index (χ4n) is 1.04. The van der Waals surface area contributed by atoms with Crippen LogP contribution in [0.15, 0.2) is 22.9 Å². The van der Waals surface area contributed by atoms with Gasteiger partial charge in [0.15, 0.2) is 0 Å². The molecule has 1 nitrogen and oxygen atoms in total. The second kappa shape index (κ2) is 9.37. The van der Waals surface area contributed by atoms with Crippen LogP contribution in [0.1, 0.15) is 54.4 Å². The summed E-state index contributed by atoms with van der Waals surface area (Å²) in [5.74, 6) is 0. The van der Waals surface area contributed by atoms with Crippen molar-refractivity contribution in [1.29, 1.82) is 0 Å². The Kier molecular flexibility index (Phi) is 10.7. The molecule has 0 bridgehead atoms. The number of hydrogen-bond donors (Lipinski definition) is 1. The molecule has 78 valence electrons. The van der Waals surface area contributed by atoms with E-state index in [9.17, 15) is 0 Å². The topological polar surface area (TPSA) is 26.0 Å². The average Bonchev–Trinajstić information content (AvgIpc) is 2.20. The second-order valence-corrected chi connectivity index (χ2v) is 2.58.